The van der Waals surface area contributed by atoms with Crippen LogP contribution in [0.4, 0.5) is 0 Å². The predicted molar refractivity (Wildman–Crippen MR) is 84.8 cm³/mol. The predicted octanol–water partition coefficient (Wildman–Crippen LogP) is 2.82. The number of nitrogens with zero attached hydrogens (tertiary/aromatic N) is 1. The highest BCUT2D eigenvalue weighted by atomic mass is 79.9. The lowest BCUT2D eigenvalue weighted by atomic mass is 9.95. The molecule has 4 nitrogen and oxygen atoms in total. The van der Waals surface area contributed by atoms with Crippen LogP contribution in [0.5, 0.6) is 0 Å². The van der Waals surface area contributed by atoms with Gasteiger partial charge in [-0.1, -0.05) is 47.3 Å². The molecule has 2 rings (SSSR count). The maximum atomic E-state index is 11.6. The summed E-state index contributed by atoms with van der Waals surface area (Å²) < 4.78 is 1.02. The number of hydrogen-bond acceptors (Lipinski definition) is 3. The minimum Gasteiger partial charge on any atom is -0.306 e. The summed E-state index contributed by atoms with van der Waals surface area (Å²) in [6.07, 6.45) is 7.85. The van der Waals surface area contributed by atoms with E-state index >= 15 is 0 Å². The fourth-order valence-corrected chi connectivity index (χ4v) is 2.58. The fourth-order valence-electron chi connectivity index (χ4n) is 2.31. The number of carbonyl (C=O) groups excluding carboxylic acids is 1. The first-order valence-corrected chi connectivity index (χ1v) is 7.84. The first-order valence-electron chi connectivity index (χ1n) is 7.05. The second kappa shape index (κ2) is 8.17. The van der Waals surface area contributed by atoms with E-state index in [-0.39, 0.29) is 5.91 Å². The van der Waals surface area contributed by atoms with Crippen molar-refractivity contribution in [3.8, 4) is 0 Å². The Morgan fingerprint density at radius 2 is 1.95 bits per heavy atom. The van der Waals surface area contributed by atoms with E-state index < -0.39 is 0 Å². The zero-order valence-corrected chi connectivity index (χ0v) is 13.0. The molecule has 0 aromatic heterocycles. The van der Waals surface area contributed by atoms with Gasteiger partial charge in [-0.15, -0.1) is 0 Å². The minimum atomic E-state index is -0.0936. The van der Waals surface area contributed by atoms with E-state index in [2.05, 4.69) is 31.8 Å². The van der Waals surface area contributed by atoms with Crippen LogP contribution >= 0.6 is 15.9 Å². The van der Waals surface area contributed by atoms with Gasteiger partial charge >= 0.3 is 0 Å². The largest absolute Gasteiger partial charge is 0.306 e. The summed E-state index contributed by atoms with van der Waals surface area (Å²) in [7, 11) is 0. The van der Waals surface area contributed by atoms with Gasteiger partial charge in [0.15, 0.2) is 0 Å². The van der Waals surface area contributed by atoms with Gasteiger partial charge in [0, 0.05) is 10.5 Å². The highest BCUT2D eigenvalue weighted by molar-refractivity contribution is 9.10. The molecule has 108 valence electrons. The van der Waals surface area contributed by atoms with Crippen molar-refractivity contribution in [1.29, 1.82) is 0 Å². The van der Waals surface area contributed by atoms with Gasteiger partial charge in [-0.25, -0.2) is 5.43 Å². The van der Waals surface area contributed by atoms with Gasteiger partial charge in [0.1, 0.15) is 0 Å². The molecule has 1 fully saturated rings. The zero-order chi connectivity index (χ0) is 14.2. The molecule has 1 aromatic rings. The van der Waals surface area contributed by atoms with E-state index in [9.17, 15) is 4.79 Å². The third-order valence-corrected chi connectivity index (χ3v) is 3.96. The average molecular weight is 338 g/mol. The van der Waals surface area contributed by atoms with Crippen LogP contribution in [0, 0.1) is 0 Å². The van der Waals surface area contributed by atoms with Crippen LogP contribution in [0.2, 0.25) is 0 Å². The number of rotatable bonds is 5. The lowest BCUT2D eigenvalue weighted by molar-refractivity contribution is -0.120. The van der Waals surface area contributed by atoms with E-state index in [0.717, 1.165) is 10.0 Å². The highest BCUT2D eigenvalue weighted by Crippen LogP contribution is 2.16. The minimum absolute atomic E-state index is 0.0936. The van der Waals surface area contributed by atoms with E-state index in [4.69, 9.17) is 0 Å². The molecule has 0 spiro atoms. The summed E-state index contributed by atoms with van der Waals surface area (Å²) >= 11 is 3.37. The first kappa shape index (κ1) is 15.2. The summed E-state index contributed by atoms with van der Waals surface area (Å²) in [4.78, 5) is 11.6. The molecule has 0 bridgehead atoms. The molecule has 1 aliphatic rings. The Morgan fingerprint density at radius 3 is 2.65 bits per heavy atom. The molecule has 0 heterocycles. The van der Waals surface area contributed by atoms with Crippen LogP contribution < -0.4 is 10.7 Å². The van der Waals surface area contributed by atoms with Gasteiger partial charge in [-0.2, -0.15) is 5.10 Å². The Labute approximate surface area is 128 Å². The Morgan fingerprint density at radius 1 is 1.25 bits per heavy atom. The van der Waals surface area contributed by atoms with Crippen molar-refractivity contribution in [3.63, 3.8) is 0 Å². The summed E-state index contributed by atoms with van der Waals surface area (Å²) in [5.74, 6) is -0.0936. The Balaban J connectivity index is 1.67. The van der Waals surface area contributed by atoms with Gasteiger partial charge in [-0.05, 0) is 30.5 Å². The van der Waals surface area contributed by atoms with Crippen molar-refractivity contribution in [2.75, 3.05) is 6.54 Å². The number of nitrogens with one attached hydrogen (secondary N) is 2. The van der Waals surface area contributed by atoms with Gasteiger partial charge in [0.2, 0.25) is 0 Å². The van der Waals surface area contributed by atoms with Crippen LogP contribution in [-0.2, 0) is 4.79 Å². The number of amides is 1. The molecule has 20 heavy (non-hydrogen) atoms. The topological polar surface area (TPSA) is 53.5 Å². The summed E-state index contributed by atoms with van der Waals surface area (Å²) in [5, 5.41) is 7.24. The monoisotopic (exact) mass is 337 g/mol. The van der Waals surface area contributed by atoms with Crippen molar-refractivity contribution in [2.45, 2.75) is 38.1 Å². The molecule has 1 aliphatic carbocycles. The molecular formula is C15H20BrN3O. The van der Waals surface area contributed by atoms with E-state index in [1.165, 1.54) is 32.1 Å². The molecule has 1 saturated carbocycles. The summed E-state index contributed by atoms with van der Waals surface area (Å²) in [6, 6.07) is 8.23. The second-order valence-corrected chi connectivity index (χ2v) is 5.98. The quantitative estimate of drug-likeness (QED) is 0.641. The van der Waals surface area contributed by atoms with Crippen molar-refractivity contribution in [3.05, 3.63) is 34.3 Å². The molecule has 0 atom stereocenters. The molecule has 0 radical (unpaired) electrons. The summed E-state index contributed by atoms with van der Waals surface area (Å²) in [6.45, 7) is 0.336. The molecule has 1 aromatic carbocycles. The number of carbonyl (C=O) groups is 1. The van der Waals surface area contributed by atoms with Crippen LogP contribution in [-0.4, -0.2) is 24.7 Å². The van der Waals surface area contributed by atoms with Crippen molar-refractivity contribution < 1.29 is 4.79 Å². The zero-order valence-electron chi connectivity index (χ0n) is 11.4. The van der Waals surface area contributed by atoms with Gasteiger partial charge < -0.3 is 5.32 Å². The third-order valence-electron chi connectivity index (χ3n) is 3.43. The number of halogens is 1. The molecule has 0 saturated heterocycles. The molecule has 2 N–H and O–H groups in total. The number of hydrogen-bond donors (Lipinski definition) is 2. The van der Waals surface area contributed by atoms with Gasteiger partial charge in [-0.3, -0.25) is 4.79 Å². The number of hydrazone groups is 1. The molecule has 0 unspecified atom stereocenters. The van der Waals surface area contributed by atoms with Crippen LogP contribution in [0.15, 0.2) is 33.8 Å². The average Bonchev–Trinajstić information content (AvgIpc) is 2.48. The van der Waals surface area contributed by atoms with E-state index in [0.29, 0.717) is 12.6 Å². The van der Waals surface area contributed by atoms with Crippen molar-refractivity contribution in [2.24, 2.45) is 5.10 Å². The van der Waals surface area contributed by atoms with Crippen LogP contribution in [0.25, 0.3) is 0 Å². The van der Waals surface area contributed by atoms with E-state index in [1.807, 2.05) is 24.3 Å². The standard InChI is InChI=1S/C15H20BrN3O/c16-13-8-6-12(7-9-13)10-18-19-15(20)11-17-14-4-2-1-3-5-14/h6-10,14,17H,1-5,11H2,(H,19,20)/b18-10-. The highest BCUT2D eigenvalue weighted by Gasteiger charge is 2.13. The Kier molecular flexibility index (Phi) is 6.21. The Hall–Kier alpha value is -1.20. The first-order chi connectivity index (χ1) is 9.74. The number of benzene rings is 1. The lowest BCUT2D eigenvalue weighted by Gasteiger charge is -2.22. The van der Waals surface area contributed by atoms with Gasteiger partial charge in [0.05, 0.1) is 12.8 Å². The second-order valence-electron chi connectivity index (χ2n) is 5.06. The lowest BCUT2D eigenvalue weighted by Crippen LogP contribution is -2.38. The van der Waals surface area contributed by atoms with Crippen molar-refractivity contribution in [1.82, 2.24) is 10.7 Å². The van der Waals surface area contributed by atoms with Crippen molar-refractivity contribution >= 4 is 28.1 Å². The smallest absolute Gasteiger partial charge is 0.254 e. The maximum Gasteiger partial charge on any atom is 0.254 e. The Bertz CT molecular complexity index is 453. The molecule has 0 aliphatic heterocycles. The van der Waals surface area contributed by atoms with E-state index in [1.54, 1.807) is 6.21 Å². The molecule has 5 heteroatoms. The normalized spacial score (nSPS) is 16.4. The fraction of sp³-hybridized carbons (Fsp3) is 0.467. The summed E-state index contributed by atoms with van der Waals surface area (Å²) in [5.41, 5.74) is 3.49. The SMILES string of the molecule is O=C(CNC1CCCCC1)N/N=C\c1ccc(Br)cc1. The van der Waals surface area contributed by atoms with Crippen LogP contribution in [0.1, 0.15) is 37.7 Å². The third kappa shape index (κ3) is 5.43. The maximum absolute atomic E-state index is 11.6. The molecule has 1 amide bonds. The van der Waals surface area contributed by atoms with Crippen LogP contribution in [0.3, 0.4) is 0 Å². The van der Waals surface area contributed by atoms with Gasteiger partial charge in [0.25, 0.3) is 5.91 Å². The molecular weight excluding hydrogens is 318 g/mol.